The second kappa shape index (κ2) is 36.8. The van der Waals surface area contributed by atoms with Crippen LogP contribution in [0.2, 0.25) is 0 Å². The van der Waals surface area contributed by atoms with Gasteiger partial charge in [0.15, 0.2) is 0 Å². The second-order valence-corrected chi connectivity index (χ2v) is 17.1. The minimum absolute atomic E-state index is 0.0118. The average Bonchev–Trinajstić information content (AvgIpc) is 3.12. The largest absolute Gasteiger partial charge is 0.756 e. The van der Waals surface area contributed by atoms with Crippen molar-refractivity contribution in [1.82, 2.24) is 5.32 Å². The molecule has 314 valence electrons. The zero-order valence-corrected chi connectivity index (χ0v) is 36.3. The number of nitrogens with one attached hydrogen (secondary N) is 1. The summed E-state index contributed by atoms with van der Waals surface area (Å²) in [5.41, 5.74) is 0. The van der Waals surface area contributed by atoms with Crippen molar-refractivity contribution < 1.29 is 32.9 Å². The van der Waals surface area contributed by atoms with Crippen molar-refractivity contribution in [3.8, 4) is 0 Å². The fourth-order valence-corrected chi connectivity index (χ4v) is 6.42. The zero-order chi connectivity index (χ0) is 40.0. The molecule has 3 atom stereocenters. The number of hydrogen-bond acceptors (Lipinski definition) is 6. The Morgan fingerprint density at radius 3 is 1.67 bits per heavy atom. The molecule has 0 fully saturated rings. The van der Waals surface area contributed by atoms with Crippen molar-refractivity contribution in [3.05, 3.63) is 60.8 Å². The Labute approximate surface area is 332 Å². The summed E-state index contributed by atoms with van der Waals surface area (Å²) in [6.07, 6.45) is 46.9. The van der Waals surface area contributed by atoms with E-state index in [9.17, 15) is 19.4 Å². The Bertz CT molecular complexity index is 1060. The molecule has 0 saturated heterocycles. The number of quaternary nitrogens is 1. The molecule has 0 aromatic carbocycles. The van der Waals surface area contributed by atoms with E-state index < -0.39 is 26.6 Å². The number of amides is 1. The molecule has 54 heavy (non-hydrogen) atoms. The quantitative estimate of drug-likeness (QED) is 0.0280. The van der Waals surface area contributed by atoms with Crippen LogP contribution >= 0.6 is 7.82 Å². The number of rotatable bonds is 38. The standard InChI is InChI=1S/C45H83N2O6P/c1-6-8-10-12-14-16-18-20-21-22-23-24-25-27-29-31-33-35-37-39-45(49)46-43(42-53-54(50,51)52-41-40-47(3,4)5)44(48)38-36-34-32-30-28-26-19-17-15-13-11-9-7-2/h14,16,20-21,23-24,28,30,36,38,43-44,48H,6-13,15,17-19,22,25-27,29,31-35,37,39-42H2,1-5H3,(H-,46,49,50,51)/b16-14-,21-20-,24-23-,30-28+,38-36+. The van der Waals surface area contributed by atoms with Gasteiger partial charge in [-0.1, -0.05) is 152 Å². The van der Waals surface area contributed by atoms with Crippen molar-refractivity contribution in [3.63, 3.8) is 0 Å². The summed E-state index contributed by atoms with van der Waals surface area (Å²) >= 11 is 0. The van der Waals surface area contributed by atoms with E-state index in [0.29, 0.717) is 17.4 Å². The Kier molecular flexibility index (Phi) is 35.6. The lowest BCUT2D eigenvalue weighted by atomic mass is 10.1. The SMILES string of the molecule is CCCCC/C=C\C/C=C\C/C=C\CCCCCCCCC(=O)NC(COP(=O)([O-])OCC[N+](C)(C)C)C(O)/C=C/CC/C=C/CCCCCCCCC. The van der Waals surface area contributed by atoms with E-state index >= 15 is 0 Å². The highest BCUT2D eigenvalue weighted by molar-refractivity contribution is 7.45. The van der Waals surface area contributed by atoms with Crippen molar-refractivity contribution >= 4 is 13.7 Å². The van der Waals surface area contributed by atoms with Crippen LogP contribution in [0.15, 0.2) is 60.8 Å². The number of phosphoric ester groups is 1. The van der Waals surface area contributed by atoms with Gasteiger partial charge in [-0.3, -0.25) is 9.36 Å². The first kappa shape index (κ1) is 52.2. The molecular formula is C45H83N2O6P. The number of carbonyl (C=O) groups is 1. The summed E-state index contributed by atoms with van der Waals surface area (Å²) < 4.78 is 23.1. The van der Waals surface area contributed by atoms with Crippen LogP contribution in [0, 0.1) is 0 Å². The third kappa shape index (κ3) is 38.5. The Balaban J connectivity index is 4.50. The van der Waals surface area contributed by atoms with Crippen LogP contribution in [0.3, 0.4) is 0 Å². The van der Waals surface area contributed by atoms with E-state index in [2.05, 4.69) is 67.8 Å². The fourth-order valence-electron chi connectivity index (χ4n) is 5.70. The minimum atomic E-state index is -4.60. The number of likely N-dealkylation sites (N-methyl/N-ethyl adjacent to an activating group) is 1. The molecule has 3 unspecified atom stereocenters. The molecule has 8 nitrogen and oxygen atoms in total. The second-order valence-electron chi connectivity index (χ2n) is 15.7. The van der Waals surface area contributed by atoms with Crippen LogP contribution in [0.5, 0.6) is 0 Å². The highest BCUT2D eigenvalue weighted by Crippen LogP contribution is 2.38. The van der Waals surface area contributed by atoms with E-state index in [4.69, 9.17) is 9.05 Å². The molecule has 0 aliphatic carbocycles. The van der Waals surface area contributed by atoms with E-state index in [1.54, 1.807) is 6.08 Å². The lowest BCUT2D eigenvalue weighted by Crippen LogP contribution is -2.45. The van der Waals surface area contributed by atoms with E-state index in [0.717, 1.165) is 64.2 Å². The van der Waals surface area contributed by atoms with Crippen LogP contribution in [0.4, 0.5) is 0 Å². The van der Waals surface area contributed by atoms with Crippen LogP contribution in [0.1, 0.15) is 168 Å². The average molecular weight is 779 g/mol. The molecule has 1 amide bonds. The maximum absolute atomic E-state index is 12.8. The molecule has 0 aliphatic heterocycles. The van der Waals surface area contributed by atoms with Gasteiger partial charge in [0.2, 0.25) is 5.91 Å². The van der Waals surface area contributed by atoms with Gasteiger partial charge in [0.1, 0.15) is 13.2 Å². The minimum Gasteiger partial charge on any atom is -0.756 e. The number of nitrogens with zero attached hydrogens (tertiary/aromatic N) is 1. The topological polar surface area (TPSA) is 108 Å². The molecule has 0 aromatic heterocycles. The predicted octanol–water partition coefficient (Wildman–Crippen LogP) is 11.2. The highest BCUT2D eigenvalue weighted by Gasteiger charge is 2.23. The molecule has 0 aliphatic rings. The van der Waals surface area contributed by atoms with Gasteiger partial charge >= 0.3 is 0 Å². The summed E-state index contributed by atoms with van der Waals surface area (Å²) in [6.45, 7) is 4.55. The molecule has 0 heterocycles. The first-order chi connectivity index (χ1) is 26.0. The third-order valence-electron chi connectivity index (χ3n) is 9.20. The molecule has 0 radical (unpaired) electrons. The summed E-state index contributed by atoms with van der Waals surface area (Å²) in [5.74, 6) is -0.224. The number of allylic oxidation sites excluding steroid dienone is 9. The number of aliphatic hydroxyl groups is 1. The number of phosphoric acid groups is 1. The molecule has 9 heteroatoms. The highest BCUT2D eigenvalue weighted by atomic mass is 31.2. The third-order valence-corrected chi connectivity index (χ3v) is 10.2. The fraction of sp³-hybridized carbons (Fsp3) is 0.756. The van der Waals surface area contributed by atoms with Gasteiger partial charge < -0.3 is 28.8 Å². The van der Waals surface area contributed by atoms with Crippen molar-refractivity contribution in [1.29, 1.82) is 0 Å². The Morgan fingerprint density at radius 1 is 0.648 bits per heavy atom. The van der Waals surface area contributed by atoms with Gasteiger partial charge in [0.25, 0.3) is 7.82 Å². The summed E-state index contributed by atoms with van der Waals surface area (Å²) in [6, 6.07) is -0.911. The number of hydrogen-bond donors (Lipinski definition) is 2. The van der Waals surface area contributed by atoms with Crippen molar-refractivity contribution in [2.45, 2.75) is 180 Å². The van der Waals surface area contributed by atoms with Gasteiger partial charge in [-0.2, -0.15) is 0 Å². The smallest absolute Gasteiger partial charge is 0.268 e. The van der Waals surface area contributed by atoms with Crippen molar-refractivity contribution in [2.24, 2.45) is 0 Å². The first-order valence-electron chi connectivity index (χ1n) is 21.7. The van der Waals surface area contributed by atoms with Gasteiger partial charge in [-0.15, -0.1) is 0 Å². The molecule has 0 rings (SSSR count). The van der Waals surface area contributed by atoms with Gasteiger partial charge in [0.05, 0.1) is 39.9 Å². The van der Waals surface area contributed by atoms with E-state index in [1.807, 2.05) is 27.2 Å². The normalized spacial score (nSPS) is 15.0. The monoisotopic (exact) mass is 779 g/mol. The maximum atomic E-state index is 12.8. The lowest BCUT2D eigenvalue weighted by molar-refractivity contribution is -0.870. The number of aliphatic hydroxyl groups excluding tert-OH is 1. The van der Waals surface area contributed by atoms with E-state index in [1.165, 1.54) is 83.5 Å². The number of carbonyl (C=O) groups excluding carboxylic acids is 1. The molecule has 0 bridgehead atoms. The first-order valence-corrected chi connectivity index (χ1v) is 23.1. The molecule has 2 N–H and O–H groups in total. The molecule has 0 aromatic rings. The molecular weight excluding hydrogens is 695 g/mol. The maximum Gasteiger partial charge on any atom is 0.268 e. The van der Waals surface area contributed by atoms with Crippen LogP contribution < -0.4 is 10.2 Å². The Morgan fingerprint density at radius 2 is 1.09 bits per heavy atom. The zero-order valence-electron chi connectivity index (χ0n) is 35.4. The van der Waals surface area contributed by atoms with Crippen LogP contribution in [-0.4, -0.2) is 68.5 Å². The predicted molar refractivity (Wildman–Crippen MR) is 228 cm³/mol. The molecule has 0 saturated carbocycles. The van der Waals surface area contributed by atoms with E-state index in [-0.39, 0.29) is 12.5 Å². The molecule has 0 spiro atoms. The van der Waals surface area contributed by atoms with Gasteiger partial charge in [-0.05, 0) is 70.6 Å². The summed E-state index contributed by atoms with van der Waals surface area (Å²) in [5, 5.41) is 13.7. The van der Waals surface area contributed by atoms with Crippen LogP contribution in [-0.2, 0) is 18.4 Å². The summed E-state index contributed by atoms with van der Waals surface area (Å²) in [4.78, 5) is 25.3. The lowest BCUT2D eigenvalue weighted by Gasteiger charge is -2.29. The number of unbranched alkanes of at least 4 members (excludes halogenated alkanes) is 17. The van der Waals surface area contributed by atoms with Gasteiger partial charge in [0, 0.05) is 6.42 Å². The van der Waals surface area contributed by atoms with Crippen molar-refractivity contribution in [2.75, 3.05) is 40.9 Å². The van der Waals surface area contributed by atoms with Crippen LogP contribution in [0.25, 0.3) is 0 Å². The summed E-state index contributed by atoms with van der Waals surface area (Å²) in [7, 11) is 1.22. The Hall–Kier alpha value is -1.80. The van der Waals surface area contributed by atoms with Gasteiger partial charge in [-0.25, -0.2) is 0 Å².